The Morgan fingerprint density at radius 1 is 1.05 bits per heavy atom. The zero-order valence-electron chi connectivity index (χ0n) is 22.8. The lowest BCUT2D eigenvalue weighted by atomic mass is 9.89. The highest BCUT2D eigenvalue weighted by Crippen LogP contribution is 2.51. The van der Waals surface area contributed by atoms with E-state index in [9.17, 15) is 15.0 Å². The van der Waals surface area contributed by atoms with Crippen LogP contribution in [0.15, 0.2) is 72.8 Å². The van der Waals surface area contributed by atoms with Crippen molar-refractivity contribution in [3.05, 3.63) is 78.4 Å². The number of fused-ring (bicyclic) bond motifs is 1. The van der Waals surface area contributed by atoms with E-state index in [1.54, 1.807) is 4.90 Å². The van der Waals surface area contributed by atoms with Gasteiger partial charge in [0, 0.05) is 18.2 Å². The minimum atomic E-state index is -0.409. The molecule has 5 nitrogen and oxygen atoms in total. The number of carbonyl (C=O) groups is 1. The molecule has 0 spiro atoms. The van der Waals surface area contributed by atoms with Gasteiger partial charge in [-0.25, -0.2) is 0 Å². The summed E-state index contributed by atoms with van der Waals surface area (Å²) >= 11 is 0. The average Bonchev–Trinajstić information content (AvgIpc) is 3.45. The number of unbranched alkanes of at least 4 members (excludes halogenated alkanes) is 2. The van der Waals surface area contributed by atoms with Crippen LogP contribution < -0.4 is 4.90 Å². The van der Waals surface area contributed by atoms with Crippen molar-refractivity contribution in [1.29, 1.82) is 0 Å². The molecule has 6 atom stereocenters. The number of rotatable bonds is 14. The standard InChI is InChI=1S/C33H45NO4/c1-2-3-6-15-29(35)16-17-30-31-21-26(20-27(31)22-32(30)36)18-19-38-24-33(37)34(28-13-9-5-10-14-28)23-25-11-7-4-8-12-25/h4-5,7-14,16-17,26-27,29-32,35-36H,2-3,6,15,18-24H2,1H3/t26?,27-,29?,30+,31+,32+/m0/s1. The number of benzene rings is 2. The van der Waals surface area contributed by atoms with Crippen LogP contribution in [0.2, 0.25) is 0 Å². The molecule has 0 saturated heterocycles. The molecular formula is C33H45NO4. The van der Waals surface area contributed by atoms with Crippen molar-refractivity contribution in [3.63, 3.8) is 0 Å². The lowest BCUT2D eigenvalue weighted by Crippen LogP contribution is -2.33. The fourth-order valence-electron chi connectivity index (χ4n) is 6.42. The normalized spacial score (nSPS) is 25.5. The van der Waals surface area contributed by atoms with Crippen LogP contribution in [-0.2, 0) is 16.1 Å². The summed E-state index contributed by atoms with van der Waals surface area (Å²) in [6, 6.07) is 19.8. The number of ether oxygens (including phenoxy) is 1. The second kappa shape index (κ2) is 14.6. The molecule has 206 valence electrons. The third-order valence-electron chi connectivity index (χ3n) is 8.44. The van der Waals surface area contributed by atoms with Gasteiger partial charge in [-0.1, -0.05) is 86.9 Å². The molecule has 2 aliphatic carbocycles. The highest BCUT2D eigenvalue weighted by atomic mass is 16.5. The summed E-state index contributed by atoms with van der Waals surface area (Å²) in [5.41, 5.74) is 1.96. The van der Waals surface area contributed by atoms with Crippen LogP contribution in [0.1, 0.15) is 63.9 Å². The summed E-state index contributed by atoms with van der Waals surface area (Å²) in [7, 11) is 0. The van der Waals surface area contributed by atoms with Gasteiger partial charge in [0.2, 0.25) is 0 Å². The highest BCUT2D eigenvalue weighted by molar-refractivity contribution is 5.94. The average molecular weight is 520 g/mol. The zero-order chi connectivity index (χ0) is 26.7. The van der Waals surface area contributed by atoms with Crippen molar-refractivity contribution < 1.29 is 19.7 Å². The van der Waals surface area contributed by atoms with Crippen molar-refractivity contribution >= 4 is 11.6 Å². The van der Waals surface area contributed by atoms with Gasteiger partial charge in [-0.15, -0.1) is 0 Å². The number of amides is 1. The van der Waals surface area contributed by atoms with Crippen LogP contribution in [0.25, 0.3) is 0 Å². The largest absolute Gasteiger partial charge is 0.392 e. The molecule has 5 heteroatoms. The fourth-order valence-corrected chi connectivity index (χ4v) is 6.42. The lowest BCUT2D eigenvalue weighted by Gasteiger charge is -2.23. The Kier molecular flexibility index (Phi) is 11.0. The summed E-state index contributed by atoms with van der Waals surface area (Å²) in [6.45, 7) is 3.33. The minimum absolute atomic E-state index is 0.0332. The van der Waals surface area contributed by atoms with Crippen LogP contribution in [0.5, 0.6) is 0 Å². The van der Waals surface area contributed by atoms with Gasteiger partial charge < -0.3 is 19.8 Å². The van der Waals surface area contributed by atoms with Gasteiger partial charge in [0.1, 0.15) is 6.61 Å². The monoisotopic (exact) mass is 519 g/mol. The van der Waals surface area contributed by atoms with Crippen LogP contribution in [0.4, 0.5) is 5.69 Å². The second-order valence-corrected chi connectivity index (χ2v) is 11.2. The molecule has 4 rings (SSSR count). The van der Waals surface area contributed by atoms with E-state index in [2.05, 4.69) is 13.0 Å². The van der Waals surface area contributed by atoms with E-state index in [0.29, 0.717) is 30.9 Å². The van der Waals surface area contributed by atoms with Crippen molar-refractivity contribution in [2.45, 2.75) is 77.0 Å². The maximum atomic E-state index is 13.1. The highest BCUT2D eigenvalue weighted by Gasteiger charge is 2.46. The number of anilines is 1. The third-order valence-corrected chi connectivity index (χ3v) is 8.44. The topological polar surface area (TPSA) is 70.0 Å². The Labute approximate surface area is 228 Å². The molecule has 38 heavy (non-hydrogen) atoms. The predicted octanol–water partition coefficient (Wildman–Crippen LogP) is 6.15. The Balaban J connectivity index is 1.23. The van der Waals surface area contributed by atoms with Crippen LogP contribution >= 0.6 is 0 Å². The molecule has 2 aromatic carbocycles. The van der Waals surface area contributed by atoms with Crippen LogP contribution in [0.3, 0.4) is 0 Å². The third kappa shape index (κ3) is 8.02. The van der Waals surface area contributed by atoms with Gasteiger partial charge in [-0.2, -0.15) is 0 Å². The van der Waals surface area contributed by atoms with E-state index < -0.39 is 6.10 Å². The van der Waals surface area contributed by atoms with Gasteiger partial charge in [0.15, 0.2) is 0 Å². The first-order chi connectivity index (χ1) is 18.5. The quantitative estimate of drug-likeness (QED) is 0.232. The molecule has 0 aromatic heterocycles. The number of para-hydroxylation sites is 1. The van der Waals surface area contributed by atoms with Crippen molar-refractivity contribution in [2.24, 2.45) is 23.7 Å². The molecule has 0 bridgehead atoms. The van der Waals surface area contributed by atoms with E-state index >= 15 is 0 Å². The Hall–Kier alpha value is -2.47. The smallest absolute Gasteiger partial charge is 0.253 e. The molecule has 0 heterocycles. The van der Waals surface area contributed by atoms with E-state index in [0.717, 1.165) is 62.6 Å². The van der Waals surface area contributed by atoms with E-state index in [4.69, 9.17) is 4.74 Å². The predicted molar refractivity (Wildman–Crippen MR) is 153 cm³/mol. The summed E-state index contributed by atoms with van der Waals surface area (Å²) in [6.07, 6.45) is 11.4. The van der Waals surface area contributed by atoms with Gasteiger partial charge in [-0.3, -0.25) is 4.79 Å². The molecule has 0 aliphatic heterocycles. The number of hydrogen-bond donors (Lipinski definition) is 2. The maximum absolute atomic E-state index is 13.1. The van der Waals surface area contributed by atoms with E-state index in [1.165, 1.54) is 0 Å². The number of carbonyl (C=O) groups excluding carboxylic acids is 1. The number of aliphatic hydroxyl groups excluding tert-OH is 2. The molecule has 2 fully saturated rings. The zero-order valence-corrected chi connectivity index (χ0v) is 22.8. The Morgan fingerprint density at radius 2 is 1.79 bits per heavy atom. The van der Waals surface area contributed by atoms with E-state index in [-0.39, 0.29) is 24.5 Å². The van der Waals surface area contributed by atoms with Gasteiger partial charge in [0.25, 0.3) is 5.91 Å². The van der Waals surface area contributed by atoms with Gasteiger partial charge in [-0.05, 0) is 67.6 Å². The molecule has 0 radical (unpaired) electrons. The van der Waals surface area contributed by atoms with Crippen LogP contribution in [-0.4, -0.2) is 41.5 Å². The Bertz CT molecular complexity index is 995. The maximum Gasteiger partial charge on any atom is 0.253 e. The molecular weight excluding hydrogens is 474 g/mol. The summed E-state index contributed by atoms with van der Waals surface area (Å²) in [5, 5.41) is 20.9. The molecule has 2 unspecified atom stereocenters. The van der Waals surface area contributed by atoms with Crippen molar-refractivity contribution in [2.75, 3.05) is 18.1 Å². The first kappa shape index (κ1) is 28.5. The minimum Gasteiger partial charge on any atom is -0.392 e. The molecule has 2 aliphatic rings. The molecule has 2 saturated carbocycles. The number of nitrogens with zero attached hydrogens (tertiary/aromatic N) is 1. The summed E-state index contributed by atoms with van der Waals surface area (Å²) in [5.74, 6) is 1.70. The summed E-state index contributed by atoms with van der Waals surface area (Å²) in [4.78, 5) is 14.9. The number of aliphatic hydroxyl groups is 2. The SMILES string of the molecule is CCCCCC(O)C=C[C@@H]1[C@@H]2CC(CCOCC(=O)N(Cc3ccccc3)c3ccccc3)C[C@H]2C[C@H]1O. The first-order valence-corrected chi connectivity index (χ1v) is 14.6. The molecule has 2 N–H and O–H groups in total. The van der Waals surface area contributed by atoms with Gasteiger partial charge >= 0.3 is 0 Å². The number of hydrogen-bond acceptors (Lipinski definition) is 4. The second-order valence-electron chi connectivity index (χ2n) is 11.2. The molecule has 2 aromatic rings. The molecule has 1 amide bonds. The van der Waals surface area contributed by atoms with Gasteiger partial charge in [0.05, 0.1) is 18.8 Å². The van der Waals surface area contributed by atoms with Crippen molar-refractivity contribution in [3.8, 4) is 0 Å². The Morgan fingerprint density at radius 3 is 2.53 bits per heavy atom. The van der Waals surface area contributed by atoms with Crippen LogP contribution in [0, 0.1) is 23.7 Å². The summed E-state index contributed by atoms with van der Waals surface area (Å²) < 4.78 is 5.91. The van der Waals surface area contributed by atoms with Crippen molar-refractivity contribution in [1.82, 2.24) is 0 Å². The fraction of sp³-hybridized carbons (Fsp3) is 0.545. The van der Waals surface area contributed by atoms with E-state index in [1.807, 2.05) is 66.7 Å². The lowest BCUT2D eigenvalue weighted by molar-refractivity contribution is -0.123. The first-order valence-electron chi connectivity index (χ1n) is 14.6.